The maximum absolute atomic E-state index is 14.2. The summed E-state index contributed by atoms with van der Waals surface area (Å²) in [6.45, 7) is 5.89. The molecule has 1 unspecified atom stereocenters. The Kier molecular flexibility index (Phi) is 10.6. The van der Waals surface area contributed by atoms with Gasteiger partial charge in [-0.3, -0.25) is 13.9 Å². The second-order valence-electron chi connectivity index (χ2n) is 10.7. The summed E-state index contributed by atoms with van der Waals surface area (Å²) in [5.41, 5.74) is 2.27. The van der Waals surface area contributed by atoms with E-state index in [1.807, 2.05) is 45.0 Å². The third kappa shape index (κ3) is 7.70. The summed E-state index contributed by atoms with van der Waals surface area (Å²) in [7, 11) is -4.14. The molecule has 1 aliphatic rings. The van der Waals surface area contributed by atoms with E-state index >= 15 is 0 Å². The number of para-hydroxylation sites is 1. The molecule has 1 aliphatic carbocycles. The molecule has 1 atom stereocenters. The molecular weight excluding hydrogens is 550 g/mol. The number of nitrogens with zero attached hydrogens (tertiary/aromatic N) is 2. The SMILES string of the molecule is CCOc1ccc(S(=O)(=O)N(CC(=O)N(Cc2cccc(C)c2)C(CC)C(=O)NC2CCCC2)c2ccccc2)cc1. The Morgan fingerprint density at radius 1 is 0.952 bits per heavy atom. The van der Waals surface area contributed by atoms with Crippen molar-refractivity contribution in [1.82, 2.24) is 10.2 Å². The van der Waals surface area contributed by atoms with Crippen molar-refractivity contribution in [3.63, 3.8) is 0 Å². The highest BCUT2D eigenvalue weighted by Gasteiger charge is 2.34. The minimum atomic E-state index is -4.14. The Bertz CT molecular complexity index is 1440. The fraction of sp³-hybridized carbons (Fsp3) is 0.394. The van der Waals surface area contributed by atoms with Crippen LogP contribution in [0.15, 0.2) is 83.8 Å². The molecule has 9 heteroatoms. The van der Waals surface area contributed by atoms with E-state index in [-0.39, 0.29) is 23.4 Å². The lowest BCUT2D eigenvalue weighted by Gasteiger charge is -2.33. The lowest BCUT2D eigenvalue weighted by molar-refractivity contribution is -0.140. The Labute approximate surface area is 249 Å². The number of aryl methyl sites for hydroxylation is 1. The van der Waals surface area contributed by atoms with Crippen LogP contribution in [0.2, 0.25) is 0 Å². The summed E-state index contributed by atoms with van der Waals surface area (Å²) < 4.78 is 34.6. The first kappa shape index (κ1) is 31.1. The van der Waals surface area contributed by atoms with Gasteiger partial charge in [-0.25, -0.2) is 8.42 Å². The quantitative estimate of drug-likeness (QED) is 0.285. The summed E-state index contributed by atoms with van der Waals surface area (Å²) in [5.74, 6) is -0.100. The molecule has 8 nitrogen and oxygen atoms in total. The highest BCUT2D eigenvalue weighted by atomic mass is 32.2. The van der Waals surface area contributed by atoms with Gasteiger partial charge in [-0.1, -0.05) is 67.8 Å². The van der Waals surface area contributed by atoms with Crippen LogP contribution in [0.5, 0.6) is 5.75 Å². The molecule has 0 aliphatic heterocycles. The number of benzene rings is 3. The number of rotatable bonds is 13. The van der Waals surface area contributed by atoms with Crippen LogP contribution in [0.25, 0.3) is 0 Å². The van der Waals surface area contributed by atoms with Crippen LogP contribution in [0.4, 0.5) is 5.69 Å². The van der Waals surface area contributed by atoms with Crippen LogP contribution in [0, 0.1) is 6.92 Å². The van der Waals surface area contributed by atoms with Crippen molar-refractivity contribution in [2.24, 2.45) is 0 Å². The second-order valence-corrected chi connectivity index (χ2v) is 12.5. The van der Waals surface area contributed by atoms with Crippen molar-refractivity contribution >= 4 is 27.5 Å². The molecular formula is C33H41N3O5S. The highest BCUT2D eigenvalue weighted by Crippen LogP contribution is 2.26. The highest BCUT2D eigenvalue weighted by molar-refractivity contribution is 7.92. The average Bonchev–Trinajstić information content (AvgIpc) is 3.49. The van der Waals surface area contributed by atoms with Gasteiger partial charge >= 0.3 is 0 Å². The van der Waals surface area contributed by atoms with Gasteiger partial charge in [0.25, 0.3) is 10.0 Å². The number of hydrogen-bond acceptors (Lipinski definition) is 5. The average molecular weight is 592 g/mol. The number of sulfonamides is 1. The molecule has 4 rings (SSSR count). The molecule has 0 bridgehead atoms. The zero-order valence-corrected chi connectivity index (χ0v) is 25.5. The molecule has 1 fully saturated rings. The molecule has 1 N–H and O–H groups in total. The molecule has 0 saturated heterocycles. The molecule has 3 aromatic carbocycles. The van der Waals surface area contributed by atoms with Crippen LogP contribution in [0.3, 0.4) is 0 Å². The number of carbonyl (C=O) groups excluding carboxylic acids is 2. The molecule has 0 heterocycles. The number of amides is 2. The number of anilines is 1. The van der Waals surface area contributed by atoms with E-state index < -0.39 is 28.5 Å². The summed E-state index contributed by atoms with van der Waals surface area (Å²) in [5, 5.41) is 3.14. The normalized spacial score (nSPS) is 14.3. The van der Waals surface area contributed by atoms with Gasteiger partial charge in [0.2, 0.25) is 11.8 Å². The Morgan fingerprint density at radius 3 is 2.26 bits per heavy atom. The number of hydrogen-bond donors (Lipinski definition) is 1. The van der Waals surface area contributed by atoms with E-state index in [0.29, 0.717) is 24.5 Å². The largest absolute Gasteiger partial charge is 0.494 e. The second kappa shape index (κ2) is 14.4. The zero-order chi connectivity index (χ0) is 30.1. The first-order valence-corrected chi connectivity index (χ1v) is 16.1. The molecule has 0 aromatic heterocycles. The number of carbonyl (C=O) groups is 2. The van der Waals surface area contributed by atoms with Gasteiger partial charge in [0.1, 0.15) is 18.3 Å². The van der Waals surface area contributed by atoms with Crippen molar-refractivity contribution < 1.29 is 22.7 Å². The van der Waals surface area contributed by atoms with E-state index in [1.54, 1.807) is 42.5 Å². The van der Waals surface area contributed by atoms with Crippen LogP contribution in [-0.4, -0.2) is 50.4 Å². The number of nitrogens with one attached hydrogen (secondary N) is 1. The molecule has 1 saturated carbocycles. The van der Waals surface area contributed by atoms with Crippen molar-refractivity contribution in [3.05, 3.63) is 90.0 Å². The van der Waals surface area contributed by atoms with E-state index in [2.05, 4.69) is 5.32 Å². The van der Waals surface area contributed by atoms with E-state index in [0.717, 1.165) is 41.1 Å². The van der Waals surface area contributed by atoms with Crippen LogP contribution in [0.1, 0.15) is 57.1 Å². The first-order chi connectivity index (χ1) is 20.2. The lowest BCUT2D eigenvalue weighted by atomic mass is 10.1. The van der Waals surface area contributed by atoms with E-state index in [4.69, 9.17) is 4.74 Å². The van der Waals surface area contributed by atoms with Gasteiger partial charge in [0.15, 0.2) is 0 Å². The molecule has 42 heavy (non-hydrogen) atoms. The van der Waals surface area contributed by atoms with Crippen LogP contribution in [-0.2, 0) is 26.2 Å². The lowest BCUT2D eigenvalue weighted by Crippen LogP contribution is -2.53. The molecule has 0 spiro atoms. The molecule has 3 aromatic rings. The summed E-state index contributed by atoms with van der Waals surface area (Å²) in [4.78, 5) is 29.3. The van der Waals surface area contributed by atoms with Gasteiger partial charge in [0.05, 0.1) is 17.2 Å². The van der Waals surface area contributed by atoms with E-state index in [1.165, 1.54) is 17.0 Å². The molecule has 2 amide bonds. The predicted octanol–water partition coefficient (Wildman–Crippen LogP) is 5.46. The molecule has 0 radical (unpaired) electrons. The fourth-order valence-corrected chi connectivity index (χ4v) is 6.83. The summed E-state index contributed by atoms with van der Waals surface area (Å²) in [6, 6.07) is 21.9. The Balaban J connectivity index is 1.68. The van der Waals surface area contributed by atoms with Crippen molar-refractivity contribution in [2.45, 2.75) is 76.4 Å². The third-order valence-electron chi connectivity index (χ3n) is 7.57. The standard InChI is InChI=1S/C33H41N3O5S/c1-4-31(33(38)34-27-14-9-10-15-27)35(23-26-13-11-12-25(3)22-26)32(37)24-36(28-16-7-6-8-17-28)42(39,40)30-20-18-29(19-21-30)41-5-2/h6-8,11-13,16-22,27,31H,4-5,9-10,14-15,23-24H2,1-3H3,(H,34,38). The monoisotopic (exact) mass is 591 g/mol. The van der Waals surface area contributed by atoms with Gasteiger partial charge in [-0.2, -0.15) is 0 Å². The minimum Gasteiger partial charge on any atom is -0.494 e. The van der Waals surface area contributed by atoms with Crippen molar-refractivity contribution in [1.29, 1.82) is 0 Å². The predicted molar refractivity (Wildman–Crippen MR) is 165 cm³/mol. The van der Waals surface area contributed by atoms with Crippen molar-refractivity contribution in [3.8, 4) is 5.75 Å². The first-order valence-electron chi connectivity index (χ1n) is 14.7. The Hall–Kier alpha value is -3.85. The maximum Gasteiger partial charge on any atom is 0.264 e. The van der Waals surface area contributed by atoms with Gasteiger partial charge < -0.3 is 15.0 Å². The Morgan fingerprint density at radius 2 is 1.64 bits per heavy atom. The molecule has 224 valence electrons. The van der Waals surface area contributed by atoms with Gasteiger partial charge in [-0.15, -0.1) is 0 Å². The zero-order valence-electron chi connectivity index (χ0n) is 24.7. The van der Waals surface area contributed by atoms with E-state index in [9.17, 15) is 18.0 Å². The summed E-state index contributed by atoms with van der Waals surface area (Å²) >= 11 is 0. The van der Waals surface area contributed by atoms with Crippen molar-refractivity contribution in [2.75, 3.05) is 17.5 Å². The maximum atomic E-state index is 14.2. The van der Waals surface area contributed by atoms with Gasteiger partial charge in [0, 0.05) is 12.6 Å². The van der Waals surface area contributed by atoms with Gasteiger partial charge in [-0.05, 0) is 75.1 Å². The van der Waals surface area contributed by atoms with Crippen LogP contribution < -0.4 is 14.4 Å². The number of ether oxygens (including phenoxy) is 1. The topological polar surface area (TPSA) is 96.0 Å². The minimum absolute atomic E-state index is 0.0406. The van der Waals surface area contributed by atoms with Crippen LogP contribution >= 0.6 is 0 Å². The fourth-order valence-electron chi connectivity index (χ4n) is 5.42. The smallest absolute Gasteiger partial charge is 0.264 e. The third-order valence-corrected chi connectivity index (χ3v) is 9.36. The summed E-state index contributed by atoms with van der Waals surface area (Å²) in [6.07, 6.45) is 4.39.